The highest BCUT2D eigenvalue weighted by atomic mass is 16.6. The largest absolute Gasteiger partial charge is 0.382 e. The first kappa shape index (κ1) is 15.5. The van der Waals surface area contributed by atoms with Crippen LogP contribution in [0.4, 0.5) is 11.4 Å². The predicted molar refractivity (Wildman–Crippen MR) is 82.5 cm³/mol. The number of nitriles is 1. The van der Waals surface area contributed by atoms with Gasteiger partial charge >= 0.3 is 0 Å². The molecule has 0 aliphatic carbocycles. The fourth-order valence-electron chi connectivity index (χ4n) is 2.15. The summed E-state index contributed by atoms with van der Waals surface area (Å²) < 4.78 is 5.21. The Morgan fingerprint density at radius 2 is 2.05 bits per heavy atom. The first-order valence-corrected chi connectivity index (χ1v) is 6.64. The highest BCUT2D eigenvalue weighted by molar-refractivity contribution is 5.59. The topological polar surface area (TPSA) is 88.2 Å². The van der Waals surface area contributed by atoms with E-state index in [9.17, 15) is 10.1 Å². The summed E-state index contributed by atoms with van der Waals surface area (Å²) in [5.74, 6) is 0. The second kappa shape index (κ2) is 7.20. The Hall–Kier alpha value is -2.91. The number of methoxy groups -OCH3 is 1. The van der Waals surface area contributed by atoms with Crippen LogP contribution in [0.15, 0.2) is 48.5 Å². The standard InChI is InChI=1S/C16H15N3O3/c1-22-11-15(12-5-3-2-4-6-12)18-14-7-8-16(19(20)21)13(9-14)10-17/h2-9,15,18H,11H2,1H3/t15-/m0/s1. The maximum Gasteiger partial charge on any atom is 0.287 e. The van der Waals surface area contributed by atoms with E-state index in [0.29, 0.717) is 12.3 Å². The van der Waals surface area contributed by atoms with Gasteiger partial charge in [0.2, 0.25) is 0 Å². The number of anilines is 1. The normalized spacial score (nSPS) is 11.5. The molecule has 0 unspecified atom stereocenters. The second-order valence-corrected chi connectivity index (χ2v) is 4.66. The fraction of sp³-hybridized carbons (Fsp3) is 0.188. The molecule has 0 aliphatic heterocycles. The van der Waals surface area contributed by atoms with Crippen LogP contribution < -0.4 is 5.32 Å². The molecule has 2 aromatic rings. The average Bonchev–Trinajstić information content (AvgIpc) is 2.55. The lowest BCUT2D eigenvalue weighted by atomic mass is 10.1. The molecule has 0 amide bonds. The molecule has 0 radical (unpaired) electrons. The number of nitro benzene ring substituents is 1. The Bertz CT molecular complexity index is 696. The summed E-state index contributed by atoms with van der Waals surface area (Å²) in [6.45, 7) is 0.433. The maximum absolute atomic E-state index is 10.9. The fourth-order valence-corrected chi connectivity index (χ4v) is 2.15. The van der Waals surface area contributed by atoms with Crippen molar-refractivity contribution < 1.29 is 9.66 Å². The minimum absolute atomic E-state index is 0.0271. The number of rotatable bonds is 6. The van der Waals surface area contributed by atoms with Gasteiger partial charge in [0.1, 0.15) is 11.6 Å². The number of nitrogens with zero attached hydrogens (tertiary/aromatic N) is 2. The third-order valence-electron chi connectivity index (χ3n) is 3.19. The zero-order valence-corrected chi connectivity index (χ0v) is 12.0. The van der Waals surface area contributed by atoms with Gasteiger partial charge < -0.3 is 10.1 Å². The zero-order chi connectivity index (χ0) is 15.9. The quantitative estimate of drug-likeness (QED) is 0.653. The first-order chi connectivity index (χ1) is 10.7. The third-order valence-corrected chi connectivity index (χ3v) is 3.19. The van der Waals surface area contributed by atoms with Crippen LogP contribution in [0.1, 0.15) is 17.2 Å². The van der Waals surface area contributed by atoms with Crippen molar-refractivity contribution in [3.8, 4) is 6.07 Å². The van der Waals surface area contributed by atoms with Gasteiger partial charge in [0, 0.05) is 18.9 Å². The first-order valence-electron chi connectivity index (χ1n) is 6.64. The van der Waals surface area contributed by atoms with Crippen LogP contribution in [0, 0.1) is 21.4 Å². The molecule has 6 nitrogen and oxygen atoms in total. The molecular formula is C16H15N3O3. The Labute approximate surface area is 128 Å². The van der Waals surface area contributed by atoms with E-state index in [1.165, 1.54) is 12.1 Å². The van der Waals surface area contributed by atoms with Crippen LogP contribution in [0.3, 0.4) is 0 Å². The molecule has 112 valence electrons. The van der Waals surface area contributed by atoms with Crippen LogP contribution in [0.25, 0.3) is 0 Å². The molecule has 0 bridgehead atoms. The molecule has 0 saturated heterocycles. The zero-order valence-electron chi connectivity index (χ0n) is 12.0. The molecule has 0 fully saturated rings. The molecule has 0 heterocycles. The Morgan fingerprint density at radius 3 is 2.64 bits per heavy atom. The van der Waals surface area contributed by atoms with Crippen LogP contribution in [-0.2, 0) is 4.74 Å². The van der Waals surface area contributed by atoms with Gasteiger partial charge in [-0.05, 0) is 17.7 Å². The number of nitrogens with one attached hydrogen (secondary N) is 1. The van der Waals surface area contributed by atoms with Crippen LogP contribution in [-0.4, -0.2) is 18.6 Å². The van der Waals surface area contributed by atoms with Crippen molar-refractivity contribution in [1.29, 1.82) is 5.26 Å². The van der Waals surface area contributed by atoms with E-state index in [0.717, 1.165) is 5.56 Å². The number of hydrogen-bond acceptors (Lipinski definition) is 5. The molecule has 1 atom stereocenters. The van der Waals surface area contributed by atoms with Crippen molar-refractivity contribution in [3.05, 3.63) is 69.8 Å². The van der Waals surface area contributed by atoms with Gasteiger partial charge in [0.15, 0.2) is 0 Å². The molecule has 0 saturated carbocycles. The van der Waals surface area contributed by atoms with Gasteiger partial charge in [0.05, 0.1) is 17.6 Å². The minimum Gasteiger partial charge on any atom is -0.382 e. The Balaban J connectivity index is 2.28. The molecule has 1 N–H and O–H groups in total. The summed E-state index contributed by atoms with van der Waals surface area (Å²) in [6.07, 6.45) is 0. The predicted octanol–water partition coefficient (Wildman–Crippen LogP) is 3.27. The third kappa shape index (κ3) is 3.59. The monoisotopic (exact) mass is 297 g/mol. The summed E-state index contributed by atoms with van der Waals surface area (Å²) in [6, 6.07) is 15.8. The summed E-state index contributed by atoms with van der Waals surface area (Å²) in [5.41, 5.74) is 1.49. The molecule has 2 rings (SSSR count). The second-order valence-electron chi connectivity index (χ2n) is 4.66. The smallest absolute Gasteiger partial charge is 0.287 e. The van der Waals surface area contributed by atoms with Gasteiger partial charge in [-0.25, -0.2) is 0 Å². The molecule has 6 heteroatoms. The van der Waals surface area contributed by atoms with Crippen LogP contribution >= 0.6 is 0 Å². The lowest BCUT2D eigenvalue weighted by Gasteiger charge is -2.19. The van der Waals surface area contributed by atoms with Gasteiger partial charge in [-0.1, -0.05) is 30.3 Å². The number of benzene rings is 2. The van der Waals surface area contributed by atoms with Crippen molar-refractivity contribution in [3.63, 3.8) is 0 Å². The van der Waals surface area contributed by atoms with E-state index >= 15 is 0 Å². The van der Waals surface area contributed by atoms with E-state index in [1.807, 2.05) is 36.4 Å². The van der Waals surface area contributed by atoms with Crippen molar-refractivity contribution in [2.75, 3.05) is 19.0 Å². The van der Waals surface area contributed by atoms with E-state index in [1.54, 1.807) is 13.2 Å². The Morgan fingerprint density at radius 1 is 1.32 bits per heavy atom. The van der Waals surface area contributed by atoms with Crippen molar-refractivity contribution >= 4 is 11.4 Å². The van der Waals surface area contributed by atoms with Crippen molar-refractivity contribution in [1.82, 2.24) is 0 Å². The van der Waals surface area contributed by atoms with Gasteiger partial charge in [0.25, 0.3) is 5.69 Å². The maximum atomic E-state index is 10.9. The molecule has 2 aromatic carbocycles. The SMILES string of the molecule is COC[C@H](Nc1ccc([N+](=O)[O-])c(C#N)c1)c1ccccc1. The Kier molecular flexibility index (Phi) is 5.07. The van der Waals surface area contributed by atoms with Crippen molar-refractivity contribution in [2.24, 2.45) is 0 Å². The number of nitro groups is 1. The summed E-state index contributed by atoms with van der Waals surface area (Å²) in [4.78, 5) is 10.3. The van der Waals surface area contributed by atoms with E-state index < -0.39 is 4.92 Å². The molecule has 0 spiro atoms. The van der Waals surface area contributed by atoms with Crippen LogP contribution in [0.5, 0.6) is 0 Å². The van der Waals surface area contributed by atoms with Gasteiger partial charge in [-0.15, -0.1) is 0 Å². The lowest BCUT2D eigenvalue weighted by Crippen LogP contribution is -2.16. The van der Waals surface area contributed by atoms with Crippen molar-refractivity contribution in [2.45, 2.75) is 6.04 Å². The average molecular weight is 297 g/mol. The minimum atomic E-state index is -0.563. The molecular weight excluding hydrogens is 282 g/mol. The molecule has 0 aliphatic rings. The number of hydrogen-bond donors (Lipinski definition) is 1. The van der Waals surface area contributed by atoms with E-state index in [2.05, 4.69) is 5.32 Å². The van der Waals surface area contributed by atoms with E-state index in [-0.39, 0.29) is 17.3 Å². The highest BCUT2D eigenvalue weighted by Crippen LogP contribution is 2.25. The van der Waals surface area contributed by atoms with Gasteiger partial charge in [-0.2, -0.15) is 5.26 Å². The van der Waals surface area contributed by atoms with Gasteiger partial charge in [-0.3, -0.25) is 10.1 Å². The van der Waals surface area contributed by atoms with E-state index in [4.69, 9.17) is 10.00 Å². The summed E-state index contributed by atoms with van der Waals surface area (Å²) >= 11 is 0. The molecule has 22 heavy (non-hydrogen) atoms. The lowest BCUT2D eigenvalue weighted by molar-refractivity contribution is -0.385. The highest BCUT2D eigenvalue weighted by Gasteiger charge is 2.16. The summed E-state index contributed by atoms with van der Waals surface area (Å²) in [5, 5.41) is 23.1. The molecule has 0 aromatic heterocycles. The summed E-state index contributed by atoms with van der Waals surface area (Å²) in [7, 11) is 1.61. The van der Waals surface area contributed by atoms with Crippen LogP contribution in [0.2, 0.25) is 0 Å². The number of ether oxygens (including phenoxy) is 1.